The van der Waals surface area contributed by atoms with Crippen LogP contribution in [0.4, 0.5) is 0 Å². The maximum absolute atomic E-state index is 13.4. The van der Waals surface area contributed by atoms with Crippen molar-refractivity contribution in [1.29, 1.82) is 0 Å². The van der Waals surface area contributed by atoms with Gasteiger partial charge < -0.3 is 40.3 Å². The van der Waals surface area contributed by atoms with Gasteiger partial charge in [-0.2, -0.15) is 0 Å². The monoisotopic (exact) mass is 1010 g/mol. The van der Waals surface area contributed by atoms with Crippen LogP contribution in [0.3, 0.4) is 0 Å². The number of carboxylic acids is 1. The molecule has 0 spiro atoms. The lowest BCUT2D eigenvalue weighted by atomic mass is 9.43. The Bertz CT molecular complexity index is 2170. The smallest absolute Gasteiger partial charge is 0.303 e. The third-order valence-corrected chi connectivity index (χ3v) is 24.0. The summed E-state index contributed by atoms with van der Waals surface area (Å²) in [6.07, 6.45) is 13.2. The topological polar surface area (TPSA) is 166 Å². The Morgan fingerprint density at radius 3 is 1.56 bits per heavy atom. The zero-order valence-corrected chi connectivity index (χ0v) is 45.3. The van der Waals surface area contributed by atoms with E-state index in [9.17, 15) is 35.1 Å². The molecule has 404 valence electrons. The molecule has 4 unspecified atom stereocenters. The lowest BCUT2D eigenvalue weighted by Crippen LogP contribution is -2.62. The number of benzene rings is 2. The van der Waals surface area contributed by atoms with Crippen LogP contribution >= 0.6 is 0 Å². The number of amides is 1. The lowest BCUT2D eigenvalue weighted by Gasteiger charge is -2.63. The van der Waals surface area contributed by atoms with Crippen molar-refractivity contribution < 1.29 is 44.6 Å². The van der Waals surface area contributed by atoms with Gasteiger partial charge in [0.25, 0.3) is 0 Å². The van der Waals surface area contributed by atoms with Gasteiger partial charge in [0.2, 0.25) is 5.91 Å². The summed E-state index contributed by atoms with van der Waals surface area (Å²) in [4.78, 5) is 24.8. The molecule has 2 aromatic rings. The van der Waals surface area contributed by atoms with Crippen molar-refractivity contribution >= 4 is 11.9 Å². The molecule has 10 heteroatoms. The molecule has 0 saturated heterocycles. The molecule has 0 aliphatic heterocycles. The molecular weight excluding hydrogens is 915 g/mol. The van der Waals surface area contributed by atoms with Crippen LogP contribution < -0.4 is 5.32 Å². The summed E-state index contributed by atoms with van der Waals surface area (Å²) in [6, 6.07) is 21.1. The summed E-state index contributed by atoms with van der Waals surface area (Å²) in [6.45, 7) is 14.8. The lowest BCUT2D eigenvalue weighted by molar-refractivity contribution is -0.210. The first-order valence-corrected chi connectivity index (χ1v) is 29.5. The molecule has 22 atom stereocenters. The highest BCUT2D eigenvalue weighted by atomic mass is 16.5. The molecule has 8 aliphatic carbocycles. The van der Waals surface area contributed by atoms with E-state index in [0.717, 1.165) is 89.9 Å². The van der Waals surface area contributed by atoms with Crippen LogP contribution in [-0.4, -0.2) is 87.2 Å². The molecule has 1 amide bonds. The fourth-order valence-corrected chi connectivity index (χ4v) is 19.9. The molecule has 6 N–H and O–H groups in total. The number of hydrogen-bond acceptors (Lipinski definition) is 8. The van der Waals surface area contributed by atoms with Gasteiger partial charge >= 0.3 is 5.97 Å². The molecule has 8 fully saturated rings. The molecule has 8 aliphatic rings. The number of aliphatic hydroxyl groups is 4. The molecule has 8 saturated carbocycles. The van der Waals surface area contributed by atoms with Crippen LogP contribution in [0, 0.1) is 92.7 Å². The molecule has 0 heterocycles. The van der Waals surface area contributed by atoms with E-state index < -0.39 is 30.4 Å². The van der Waals surface area contributed by atoms with Crippen LogP contribution in [0.15, 0.2) is 60.7 Å². The average molecular weight is 1010 g/mol. The third-order valence-electron chi connectivity index (χ3n) is 24.0. The Kier molecular flexibility index (Phi) is 15.5. The number of nitrogens with one attached hydrogen (secondary N) is 1. The summed E-state index contributed by atoms with van der Waals surface area (Å²) < 4.78 is 13.5. The van der Waals surface area contributed by atoms with E-state index in [0.29, 0.717) is 50.2 Å². The highest BCUT2D eigenvalue weighted by molar-refractivity contribution is 5.75. The maximum Gasteiger partial charge on any atom is 0.303 e. The molecule has 0 bridgehead atoms. The SMILES string of the molecule is CC(CCC(=O)O)C1CC[C@H]2[C@@H]3[C@H](O)C[C@@H]4C[C@@H](OCCNC(=O)CCC(C)C5CC[C@H]6[C@@H]7[C@H](O)C[C@@H]8C[C@H](OC(c9ccccc9)c9ccccc9)CC[C@]8(C)[C@H]7C[C@H](O)[C@]56C)CC[C@]4(C)[C@H]3C[C@H](O)[C@]12C. The van der Waals surface area contributed by atoms with Gasteiger partial charge in [-0.15, -0.1) is 0 Å². The molecule has 0 radical (unpaired) electrons. The molecule has 10 rings (SSSR count). The van der Waals surface area contributed by atoms with Gasteiger partial charge in [0.05, 0.1) is 43.2 Å². The Morgan fingerprint density at radius 2 is 1.07 bits per heavy atom. The zero-order valence-electron chi connectivity index (χ0n) is 45.3. The minimum atomic E-state index is -0.762. The summed E-state index contributed by atoms with van der Waals surface area (Å²) in [5.74, 6) is 2.34. The maximum atomic E-state index is 13.4. The van der Waals surface area contributed by atoms with E-state index in [1.165, 1.54) is 11.1 Å². The Morgan fingerprint density at radius 1 is 0.603 bits per heavy atom. The molecular formula is C63H93NO9. The van der Waals surface area contributed by atoms with E-state index in [1.807, 2.05) is 0 Å². The largest absolute Gasteiger partial charge is 0.481 e. The standard InChI is InChI=1S/C63H93NO9/c1-37(17-23-55(69)64-29-30-72-43-25-27-60(3)41(31-43)33-51(65)57-48-22-20-46(38(2)18-24-56(70)71)63(48,6)54(68)35-49(57)60)45-19-21-47-58-50(36-53(67)62(45,47)5)61(4)28-26-44(32-42(61)34-52(58)66)73-59(39-13-9-7-10-14-39)40-15-11-8-12-16-40/h7-16,37-38,41-54,57-59,65-68H,17-36H2,1-6H3,(H,64,69)(H,70,71)/t37?,38?,41-,42-,43-,44+,45?,46?,47-,48-,49-,50-,51+,52+,53-,54-,57-,58-,60-,61-,62+,63+/m0/s1. The van der Waals surface area contributed by atoms with Crippen LogP contribution in [0.5, 0.6) is 0 Å². The van der Waals surface area contributed by atoms with Gasteiger partial charge in [-0.25, -0.2) is 0 Å². The summed E-state index contributed by atoms with van der Waals surface area (Å²) in [5, 5.41) is 61.0. The summed E-state index contributed by atoms with van der Waals surface area (Å²) in [7, 11) is 0. The quantitative estimate of drug-likeness (QED) is 0.0898. The van der Waals surface area contributed by atoms with Crippen molar-refractivity contribution in [2.45, 2.75) is 200 Å². The highest BCUT2D eigenvalue weighted by Gasteiger charge is 2.68. The average Bonchev–Trinajstić information content (AvgIpc) is 3.93. The first-order chi connectivity index (χ1) is 34.9. The van der Waals surface area contributed by atoms with Gasteiger partial charge in [-0.05, 0) is 207 Å². The van der Waals surface area contributed by atoms with Crippen LogP contribution in [0.25, 0.3) is 0 Å². The van der Waals surface area contributed by atoms with Crippen LogP contribution in [0.1, 0.15) is 174 Å². The fourth-order valence-electron chi connectivity index (χ4n) is 19.9. The minimum Gasteiger partial charge on any atom is -0.481 e. The summed E-state index contributed by atoms with van der Waals surface area (Å²) >= 11 is 0. The van der Waals surface area contributed by atoms with Crippen molar-refractivity contribution in [3.8, 4) is 0 Å². The molecule has 0 aromatic heterocycles. The van der Waals surface area contributed by atoms with Gasteiger partial charge in [0.1, 0.15) is 6.10 Å². The van der Waals surface area contributed by atoms with Crippen LogP contribution in [0.2, 0.25) is 0 Å². The number of aliphatic hydroxyl groups excluding tert-OH is 4. The zero-order chi connectivity index (χ0) is 51.6. The normalized spacial score (nSPS) is 44.6. The second-order valence-corrected chi connectivity index (χ2v) is 27.0. The predicted octanol–water partition coefficient (Wildman–Crippen LogP) is 10.8. The fraction of sp³-hybridized carbons (Fsp3) is 0.778. The van der Waals surface area contributed by atoms with Gasteiger partial charge in [-0.1, -0.05) is 102 Å². The number of aliphatic carboxylic acids is 1. The van der Waals surface area contributed by atoms with Crippen LogP contribution in [-0.2, 0) is 19.1 Å². The second kappa shape index (κ2) is 21.2. The number of fused-ring (bicyclic) bond motifs is 10. The van der Waals surface area contributed by atoms with E-state index in [2.05, 4.69) is 108 Å². The number of ether oxygens (including phenoxy) is 2. The van der Waals surface area contributed by atoms with Crippen molar-refractivity contribution in [3.05, 3.63) is 71.8 Å². The number of rotatable bonds is 16. The second-order valence-electron chi connectivity index (χ2n) is 27.0. The van der Waals surface area contributed by atoms with E-state index in [1.54, 1.807) is 0 Å². The number of carbonyl (C=O) groups excluding carboxylic acids is 1. The van der Waals surface area contributed by atoms with Crippen molar-refractivity contribution in [3.63, 3.8) is 0 Å². The Labute approximate surface area is 437 Å². The third kappa shape index (κ3) is 9.60. The number of hydrogen-bond donors (Lipinski definition) is 6. The first-order valence-electron chi connectivity index (χ1n) is 29.5. The predicted molar refractivity (Wildman–Crippen MR) is 283 cm³/mol. The summed E-state index contributed by atoms with van der Waals surface area (Å²) in [5.41, 5.74) is 1.81. The van der Waals surface area contributed by atoms with E-state index >= 15 is 0 Å². The number of carbonyl (C=O) groups is 2. The van der Waals surface area contributed by atoms with Gasteiger partial charge in [0, 0.05) is 19.4 Å². The minimum absolute atomic E-state index is 0.0271. The Balaban J connectivity index is 0.684. The highest BCUT2D eigenvalue weighted by Crippen LogP contribution is 2.70. The van der Waals surface area contributed by atoms with E-state index in [-0.39, 0.29) is 106 Å². The van der Waals surface area contributed by atoms with E-state index in [4.69, 9.17) is 9.47 Å². The number of carboxylic acid groups (broad SMARTS) is 1. The Hall–Kier alpha value is -2.86. The van der Waals surface area contributed by atoms with Crippen molar-refractivity contribution in [1.82, 2.24) is 5.32 Å². The van der Waals surface area contributed by atoms with Crippen molar-refractivity contribution in [2.75, 3.05) is 13.2 Å². The molecule has 2 aromatic carbocycles. The van der Waals surface area contributed by atoms with Crippen molar-refractivity contribution in [2.24, 2.45) is 92.7 Å². The van der Waals surface area contributed by atoms with Gasteiger partial charge in [0.15, 0.2) is 0 Å². The molecule has 10 nitrogen and oxygen atoms in total. The molecule has 73 heavy (non-hydrogen) atoms. The first kappa shape index (κ1) is 53.5. The van der Waals surface area contributed by atoms with Gasteiger partial charge in [-0.3, -0.25) is 9.59 Å².